The Kier molecular flexibility index (Phi) is 19.3. The van der Waals surface area contributed by atoms with E-state index in [1.165, 1.54) is 12.0 Å². The first-order chi connectivity index (χ1) is 28.9. The minimum absolute atomic E-state index is 0.0581. The number of allylic oxidation sites excluding steroid dienone is 7. The van der Waals surface area contributed by atoms with Crippen molar-refractivity contribution in [3.63, 3.8) is 0 Å². The van der Waals surface area contributed by atoms with Gasteiger partial charge in [-0.05, 0) is 121 Å². The minimum atomic E-state index is -2.34. The highest BCUT2D eigenvalue weighted by Crippen LogP contribution is 2.37. The lowest BCUT2D eigenvalue weighted by atomic mass is 9.79. The maximum atomic E-state index is 14.2. The molecule has 4 aliphatic rings. The molecule has 0 aromatic rings. The van der Waals surface area contributed by atoms with Crippen molar-refractivity contribution in [3.05, 3.63) is 47.6 Å². The molecule has 2 saturated heterocycles. The van der Waals surface area contributed by atoms with Crippen LogP contribution in [-0.4, -0.2) is 105 Å². The monoisotopic (exact) mass is 854 g/mol. The van der Waals surface area contributed by atoms with Crippen molar-refractivity contribution >= 4 is 29.2 Å². The second-order valence-electron chi connectivity index (χ2n) is 18.9. The fourth-order valence-electron chi connectivity index (χ4n) is 9.54. The van der Waals surface area contributed by atoms with Gasteiger partial charge in [-0.1, -0.05) is 76.6 Å². The van der Waals surface area contributed by atoms with Crippen LogP contribution in [0.5, 0.6) is 0 Å². The summed E-state index contributed by atoms with van der Waals surface area (Å²) in [5.74, 6) is -7.29. The third-order valence-electron chi connectivity index (χ3n) is 13.7. The first-order valence-corrected chi connectivity index (χ1v) is 23.0. The van der Waals surface area contributed by atoms with E-state index in [-0.39, 0.29) is 54.8 Å². The fourth-order valence-corrected chi connectivity index (χ4v) is 9.54. The number of Topliss-reactive ketones (excluding diaryl/α,β-unsaturated/α-hetero) is 3. The molecule has 3 fully saturated rings. The normalized spacial score (nSPS) is 39.8. The van der Waals surface area contributed by atoms with Gasteiger partial charge in [0.25, 0.3) is 11.7 Å². The lowest BCUT2D eigenvalue weighted by Gasteiger charge is -2.42. The van der Waals surface area contributed by atoms with Crippen molar-refractivity contribution in [3.8, 4) is 0 Å². The average molecular weight is 854 g/mol. The summed E-state index contributed by atoms with van der Waals surface area (Å²) >= 11 is 0. The SMILES string of the molecule is CO[C@H]1C(=O)[C@H](C)C[C@H](C)/C=C/C=C/C=C(\C)CC[C@@H]2CC[C@@H](C)[C@@](O)(O2)C(=O)C(=O)N2CCCC[C@H]2C(=O)O[C@H]([C@H](C)C[C@H]2CC[C@H](O)CC2)CC(=O)[C@H](C)/C=C(\C)[C@H]1O. The zero-order valence-corrected chi connectivity index (χ0v) is 38.1. The Balaban J connectivity index is 1.66. The van der Waals surface area contributed by atoms with Gasteiger partial charge in [-0.15, -0.1) is 0 Å². The van der Waals surface area contributed by atoms with Crippen LogP contribution in [0.15, 0.2) is 47.6 Å². The van der Waals surface area contributed by atoms with Gasteiger partial charge in [0.1, 0.15) is 30.1 Å². The molecule has 2 bridgehead atoms. The van der Waals surface area contributed by atoms with Crippen molar-refractivity contribution in [2.75, 3.05) is 13.7 Å². The number of hydrogen-bond donors (Lipinski definition) is 3. The summed E-state index contributed by atoms with van der Waals surface area (Å²) in [6, 6.07) is -1.09. The molecule has 1 saturated carbocycles. The number of hydrogen-bond acceptors (Lipinski definition) is 11. The third kappa shape index (κ3) is 13.8. The summed E-state index contributed by atoms with van der Waals surface area (Å²) in [5, 5.41) is 33.3. The van der Waals surface area contributed by atoms with E-state index in [9.17, 15) is 39.3 Å². The topological polar surface area (TPSA) is 177 Å². The molecule has 3 N–H and O–H groups in total. The molecule has 4 rings (SSSR count). The molecule has 342 valence electrons. The molecule has 3 heterocycles. The van der Waals surface area contributed by atoms with E-state index in [0.717, 1.165) is 18.4 Å². The van der Waals surface area contributed by atoms with E-state index in [1.54, 1.807) is 26.8 Å². The second-order valence-corrected chi connectivity index (χ2v) is 18.9. The van der Waals surface area contributed by atoms with Crippen molar-refractivity contribution in [1.82, 2.24) is 4.90 Å². The smallest absolute Gasteiger partial charge is 0.329 e. The van der Waals surface area contributed by atoms with E-state index in [4.69, 9.17) is 14.2 Å². The molecule has 0 radical (unpaired) electrons. The molecule has 0 aromatic heterocycles. The van der Waals surface area contributed by atoms with Crippen LogP contribution in [0.1, 0.15) is 138 Å². The molecule has 12 nitrogen and oxygen atoms in total. The summed E-state index contributed by atoms with van der Waals surface area (Å²) in [4.78, 5) is 71.2. The van der Waals surface area contributed by atoms with Crippen LogP contribution in [0.2, 0.25) is 0 Å². The van der Waals surface area contributed by atoms with Gasteiger partial charge in [0, 0.05) is 37.8 Å². The number of carbonyl (C=O) groups is 5. The highest BCUT2D eigenvalue weighted by molar-refractivity contribution is 6.39. The Bertz CT molecular complexity index is 1640. The Morgan fingerprint density at radius 2 is 1.61 bits per heavy atom. The highest BCUT2D eigenvalue weighted by atomic mass is 16.6. The van der Waals surface area contributed by atoms with E-state index in [0.29, 0.717) is 69.8 Å². The number of piperidine rings is 1. The van der Waals surface area contributed by atoms with Crippen molar-refractivity contribution in [2.24, 2.45) is 35.5 Å². The number of cyclic esters (lactones) is 1. The van der Waals surface area contributed by atoms with Gasteiger partial charge >= 0.3 is 5.97 Å². The number of esters is 1. The van der Waals surface area contributed by atoms with E-state index >= 15 is 0 Å². The van der Waals surface area contributed by atoms with Gasteiger partial charge in [-0.3, -0.25) is 19.2 Å². The molecular formula is C49H75NO11. The highest BCUT2D eigenvalue weighted by Gasteiger charge is 2.52. The summed E-state index contributed by atoms with van der Waals surface area (Å²) in [5.41, 5.74) is 1.48. The number of rotatable bonds is 4. The van der Waals surface area contributed by atoms with Crippen LogP contribution in [0.4, 0.5) is 0 Å². The zero-order chi connectivity index (χ0) is 45.0. The molecular weight excluding hydrogens is 779 g/mol. The quantitative estimate of drug-likeness (QED) is 0.152. The van der Waals surface area contributed by atoms with Gasteiger partial charge in [0.2, 0.25) is 5.79 Å². The zero-order valence-electron chi connectivity index (χ0n) is 38.1. The van der Waals surface area contributed by atoms with E-state index in [2.05, 4.69) is 0 Å². The molecule has 3 aliphatic heterocycles. The van der Waals surface area contributed by atoms with Crippen LogP contribution in [0.25, 0.3) is 0 Å². The number of ketones is 3. The first kappa shape index (κ1) is 50.4. The van der Waals surface area contributed by atoms with Gasteiger partial charge in [-0.25, -0.2) is 4.79 Å². The predicted octanol–water partition coefficient (Wildman–Crippen LogP) is 6.93. The Morgan fingerprint density at radius 1 is 0.902 bits per heavy atom. The number of fused-ring (bicyclic) bond motifs is 3. The Morgan fingerprint density at radius 3 is 2.30 bits per heavy atom. The number of amides is 1. The third-order valence-corrected chi connectivity index (χ3v) is 13.7. The number of methoxy groups -OCH3 is 1. The summed E-state index contributed by atoms with van der Waals surface area (Å²) in [7, 11) is 1.39. The summed E-state index contributed by atoms with van der Waals surface area (Å²) < 4.78 is 17.9. The molecule has 0 spiro atoms. The predicted molar refractivity (Wildman–Crippen MR) is 233 cm³/mol. The van der Waals surface area contributed by atoms with Crippen molar-refractivity contribution < 1.29 is 53.5 Å². The maximum Gasteiger partial charge on any atom is 0.329 e. The lowest BCUT2D eigenvalue weighted by molar-refractivity contribution is -0.263. The lowest BCUT2D eigenvalue weighted by Crippen LogP contribution is -2.60. The number of carbonyl (C=O) groups excluding carboxylic acids is 5. The van der Waals surface area contributed by atoms with E-state index < -0.39 is 71.7 Å². The summed E-state index contributed by atoms with van der Waals surface area (Å²) in [6.07, 6.45) is 15.1. The van der Waals surface area contributed by atoms with E-state index in [1.807, 2.05) is 58.1 Å². The van der Waals surface area contributed by atoms with Crippen LogP contribution in [0, 0.1) is 35.5 Å². The first-order valence-electron chi connectivity index (χ1n) is 23.0. The molecule has 0 unspecified atom stereocenters. The molecule has 11 atom stereocenters. The second kappa shape index (κ2) is 23.4. The standard InChI is InChI=1S/C49H75NO11/c1-30-14-10-9-11-15-31(2)26-34(5)43(53)45(59-8)44(54)35(6)27-32(3)41(52)29-42(33(4)28-37-19-21-38(51)22-20-37)60-48(57)40-16-12-13-25-50(40)47(56)46(55)49(58)36(7)18-24-39(61-49)23-17-30/h9-11,14-15,27,31-34,36-40,42,44-45,51,54,58H,12-13,16-26,28-29H2,1-8H3/b10-9+,15-11+,30-14+,35-27+/t31-,32-,33-,34-,36-,37-,38-,39-,40+,42+,44-,45+,49-/m1/s1. The number of aliphatic hydroxyl groups is 3. The van der Waals surface area contributed by atoms with Gasteiger partial charge in [-0.2, -0.15) is 0 Å². The average Bonchev–Trinajstić information content (AvgIpc) is 3.23. The molecule has 0 aromatic carbocycles. The van der Waals surface area contributed by atoms with Crippen LogP contribution < -0.4 is 0 Å². The van der Waals surface area contributed by atoms with Gasteiger partial charge in [0.15, 0.2) is 5.78 Å². The number of ether oxygens (including phenoxy) is 3. The molecule has 1 aliphatic carbocycles. The Hall–Kier alpha value is -3.29. The number of aliphatic hydroxyl groups excluding tert-OH is 2. The maximum absolute atomic E-state index is 14.2. The van der Waals surface area contributed by atoms with Crippen molar-refractivity contribution in [2.45, 2.75) is 181 Å². The van der Waals surface area contributed by atoms with Gasteiger partial charge < -0.3 is 34.4 Å². The number of nitrogens with zero attached hydrogens (tertiary/aromatic N) is 1. The molecule has 1 amide bonds. The van der Waals surface area contributed by atoms with Crippen LogP contribution in [-0.2, 0) is 38.2 Å². The fraction of sp³-hybridized carbons (Fsp3) is 0.735. The largest absolute Gasteiger partial charge is 0.460 e. The van der Waals surface area contributed by atoms with Crippen LogP contribution in [0.3, 0.4) is 0 Å². The minimum Gasteiger partial charge on any atom is -0.460 e. The van der Waals surface area contributed by atoms with Gasteiger partial charge in [0.05, 0.1) is 12.2 Å². The molecule has 61 heavy (non-hydrogen) atoms. The van der Waals surface area contributed by atoms with Crippen molar-refractivity contribution in [1.29, 1.82) is 0 Å². The summed E-state index contributed by atoms with van der Waals surface area (Å²) in [6.45, 7) is 13.0. The van der Waals surface area contributed by atoms with Crippen LogP contribution >= 0.6 is 0 Å². The molecule has 12 heteroatoms. The Labute approximate surface area is 364 Å².